The summed E-state index contributed by atoms with van der Waals surface area (Å²) < 4.78 is 11.1. The molecule has 0 aliphatic heterocycles. The first-order valence-corrected chi connectivity index (χ1v) is 9.95. The summed E-state index contributed by atoms with van der Waals surface area (Å²) in [7, 11) is 0. The Morgan fingerprint density at radius 3 is 2.67 bits per heavy atom. The van der Waals surface area contributed by atoms with Crippen molar-refractivity contribution in [2.24, 2.45) is 0 Å². The van der Waals surface area contributed by atoms with Crippen LogP contribution in [0.1, 0.15) is 27.7 Å². The van der Waals surface area contributed by atoms with Crippen LogP contribution in [0.5, 0.6) is 11.5 Å². The monoisotopic (exact) mass is 429 g/mol. The van der Waals surface area contributed by atoms with E-state index in [-0.39, 0.29) is 23.6 Å². The molecule has 3 aromatic rings. The maximum absolute atomic E-state index is 12.7. The molecule has 0 aliphatic rings. The molecule has 30 heavy (non-hydrogen) atoms. The Hall–Kier alpha value is -3.06. The van der Waals surface area contributed by atoms with Gasteiger partial charge >= 0.3 is 0 Å². The van der Waals surface area contributed by atoms with Gasteiger partial charge in [0.05, 0.1) is 17.1 Å². The van der Waals surface area contributed by atoms with Crippen LogP contribution in [-0.2, 0) is 4.79 Å². The zero-order valence-electron chi connectivity index (χ0n) is 17.3. The Morgan fingerprint density at radius 1 is 1.20 bits per heavy atom. The molecule has 2 N–H and O–H groups in total. The predicted molar refractivity (Wildman–Crippen MR) is 117 cm³/mol. The first-order valence-electron chi connectivity index (χ1n) is 9.57. The van der Waals surface area contributed by atoms with Crippen molar-refractivity contribution in [2.45, 2.75) is 33.2 Å². The van der Waals surface area contributed by atoms with Crippen LogP contribution >= 0.6 is 11.6 Å². The van der Waals surface area contributed by atoms with Gasteiger partial charge in [-0.2, -0.15) is 0 Å². The number of carbonyl (C=O) groups excluding carboxylic acids is 1. The van der Waals surface area contributed by atoms with Crippen molar-refractivity contribution in [3.8, 4) is 22.9 Å². The van der Waals surface area contributed by atoms with Gasteiger partial charge in [-0.3, -0.25) is 9.59 Å². The second kappa shape index (κ2) is 8.75. The number of nitrogens with one attached hydrogen (secondary N) is 2. The third-order valence-corrected chi connectivity index (χ3v) is 4.36. The van der Waals surface area contributed by atoms with Crippen LogP contribution < -0.4 is 20.3 Å². The highest BCUT2D eigenvalue weighted by Crippen LogP contribution is 2.31. The summed E-state index contributed by atoms with van der Waals surface area (Å²) >= 11 is 6.18. The van der Waals surface area contributed by atoms with Crippen LogP contribution in [0.15, 0.2) is 41.2 Å². The van der Waals surface area contributed by atoms with E-state index in [1.54, 1.807) is 36.4 Å². The molecule has 1 heterocycles. The maximum atomic E-state index is 12.7. The molecule has 0 unspecified atom stereocenters. The molecule has 7 nitrogen and oxygen atoms in total. The number of hydrogen-bond donors (Lipinski definition) is 2. The van der Waals surface area contributed by atoms with Crippen molar-refractivity contribution in [3.05, 3.63) is 51.8 Å². The highest BCUT2D eigenvalue weighted by atomic mass is 35.5. The molecule has 0 saturated heterocycles. The van der Waals surface area contributed by atoms with E-state index in [1.807, 2.05) is 27.7 Å². The number of benzene rings is 2. The number of rotatable bonds is 6. The van der Waals surface area contributed by atoms with Gasteiger partial charge in [0, 0.05) is 11.1 Å². The second-order valence-electron chi connectivity index (χ2n) is 7.73. The van der Waals surface area contributed by atoms with Crippen LogP contribution in [0.25, 0.3) is 22.3 Å². The smallest absolute Gasteiger partial charge is 0.262 e. The molecule has 0 bridgehead atoms. The van der Waals surface area contributed by atoms with E-state index in [0.717, 1.165) is 0 Å². The number of carbonyl (C=O) groups is 1. The first kappa shape index (κ1) is 21.6. The van der Waals surface area contributed by atoms with Crippen LogP contribution in [0.4, 0.5) is 0 Å². The molecule has 8 heteroatoms. The number of halogens is 1. The minimum Gasteiger partial charge on any atom is -0.491 e. The van der Waals surface area contributed by atoms with E-state index in [2.05, 4.69) is 15.3 Å². The molecular formula is C22H24ClN3O4. The van der Waals surface area contributed by atoms with Gasteiger partial charge in [0.15, 0.2) is 12.4 Å². The summed E-state index contributed by atoms with van der Waals surface area (Å²) in [4.78, 5) is 32.0. The largest absolute Gasteiger partial charge is 0.491 e. The molecule has 3 rings (SSSR count). The number of fused-ring (bicyclic) bond motifs is 1. The molecule has 158 valence electrons. The third-order valence-electron chi connectivity index (χ3n) is 4.06. The average Bonchev–Trinajstić information content (AvgIpc) is 2.67. The number of H-pyrrole nitrogens is 1. The fourth-order valence-electron chi connectivity index (χ4n) is 2.94. The summed E-state index contributed by atoms with van der Waals surface area (Å²) in [5.74, 6) is 0.969. The Balaban J connectivity index is 1.89. The van der Waals surface area contributed by atoms with Gasteiger partial charge < -0.3 is 19.8 Å². The summed E-state index contributed by atoms with van der Waals surface area (Å²) in [5, 5.41) is 3.50. The lowest BCUT2D eigenvalue weighted by Crippen LogP contribution is -2.43. The Morgan fingerprint density at radius 2 is 1.97 bits per heavy atom. The SMILES string of the molecule is CCOc1c(Cl)ccc2nc(-c3cccc(OCC(=O)NC(C)(C)C)c3)[nH]c(=O)c12. The number of hydrogen-bond acceptors (Lipinski definition) is 5. The molecule has 0 atom stereocenters. The number of nitrogens with zero attached hydrogens (tertiary/aromatic N) is 1. The van der Waals surface area contributed by atoms with Crippen molar-refractivity contribution in [2.75, 3.05) is 13.2 Å². The summed E-state index contributed by atoms with van der Waals surface area (Å²) in [6.07, 6.45) is 0. The van der Waals surface area contributed by atoms with Gasteiger partial charge in [0.1, 0.15) is 17.0 Å². The van der Waals surface area contributed by atoms with Gasteiger partial charge in [-0.25, -0.2) is 4.98 Å². The standard InChI is InChI=1S/C22H24ClN3O4/c1-5-29-19-15(23)9-10-16-18(19)21(28)25-20(24-16)13-7-6-8-14(11-13)30-12-17(27)26-22(2,3)4/h6-11H,5,12H2,1-4H3,(H,26,27)(H,24,25,28). The highest BCUT2D eigenvalue weighted by Gasteiger charge is 2.16. The van der Waals surface area contributed by atoms with Gasteiger partial charge in [-0.1, -0.05) is 23.7 Å². The lowest BCUT2D eigenvalue weighted by atomic mass is 10.1. The average molecular weight is 430 g/mol. The zero-order valence-corrected chi connectivity index (χ0v) is 18.1. The molecule has 1 aromatic heterocycles. The van der Waals surface area contributed by atoms with Crippen molar-refractivity contribution >= 4 is 28.4 Å². The lowest BCUT2D eigenvalue weighted by molar-refractivity contribution is -0.124. The van der Waals surface area contributed by atoms with E-state index in [4.69, 9.17) is 21.1 Å². The quantitative estimate of drug-likeness (QED) is 0.619. The molecule has 0 radical (unpaired) electrons. The fraction of sp³-hybridized carbons (Fsp3) is 0.318. The summed E-state index contributed by atoms with van der Waals surface area (Å²) in [6.45, 7) is 7.78. The zero-order chi connectivity index (χ0) is 21.9. The number of amides is 1. The minimum atomic E-state index is -0.350. The summed E-state index contributed by atoms with van der Waals surface area (Å²) in [5.41, 5.74) is 0.435. The van der Waals surface area contributed by atoms with E-state index >= 15 is 0 Å². The second-order valence-corrected chi connectivity index (χ2v) is 8.14. The lowest BCUT2D eigenvalue weighted by Gasteiger charge is -2.20. The molecule has 0 aliphatic carbocycles. The van der Waals surface area contributed by atoms with E-state index in [0.29, 0.717) is 45.4 Å². The van der Waals surface area contributed by atoms with Crippen LogP contribution in [0.3, 0.4) is 0 Å². The fourth-order valence-corrected chi connectivity index (χ4v) is 3.15. The number of aromatic amines is 1. The Bertz CT molecular complexity index is 1140. The molecule has 0 saturated carbocycles. The van der Waals surface area contributed by atoms with Crippen LogP contribution in [-0.4, -0.2) is 34.6 Å². The molecule has 0 fully saturated rings. The van der Waals surface area contributed by atoms with Crippen LogP contribution in [0.2, 0.25) is 5.02 Å². The van der Waals surface area contributed by atoms with Crippen LogP contribution in [0, 0.1) is 0 Å². The summed E-state index contributed by atoms with van der Waals surface area (Å²) in [6, 6.07) is 10.3. The Labute approximate surface area is 179 Å². The highest BCUT2D eigenvalue weighted by molar-refractivity contribution is 6.33. The molecule has 0 spiro atoms. The van der Waals surface area contributed by atoms with E-state index in [9.17, 15) is 9.59 Å². The topological polar surface area (TPSA) is 93.3 Å². The number of ether oxygens (including phenoxy) is 2. The number of aromatic nitrogens is 2. The van der Waals surface area contributed by atoms with Gasteiger partial charge in [-0.15, -0.1) is 0 Å². The normalized spacial score (nSPS) is 11.4. The van der Waals surface area contributed by atoms with Crippen molar-refractivity contribution < 1.29 is 14.3 Å². The van der Waals surface area contributed by atoms with Crippen molar-refractivity contribution in [3.63, 3.8) is 0 Å². The van der Waals surface area contributed by atoms with Crippen molar-refractivity contribution in [1.29, 1.82) is 0 Å². The van der Waals surface area contributed by atoms with Gasteiger partial charge in [0.2, 0.25) is 0 Å². The van der Waals surface area contributed by atoms with E-state index in [1.165, 1.54) is 0 Å². The van der Waals surface area contributed by atoms with Gasteiger partial charge in [0.25, 0.3) is 11.5 Å². The van der Waals surface area contributed by atoms with E-state index < -0.39 is 0 Å². The van der Waals surface area contributed by atoms with Gasteiger partial charge in [-0.05, 0) is 52.0 Å². The maximum Gasteiger partial charge on any atom is 0.262 e. The molecule has 2 aromatic carbocycles. The van der Waals surface area contributed by atoms with Crippen molar-refractivity contribution in [1.82, 2.24) is 15.3 Å². The Kier molecular flexibility index (Phi) is 6.31. The third kappa shape index (κ3) is 5.10. The molecular weight excluding hydrogens is 406 g/mol. The predicted octanol–water partition coefficient (Wildman–Crippen LogP) is 3.94. The minimum absolute atomic E-state index is 0.112. The molecule has 1 amide bonds. The first-order chi connectivity index (χ1) is 14.2.